The van der Waals surface area contributed by atoms with Crippen LogP contribution in [0.2, 0.25) is 0 Å². The molecule has 1 aliphatic carbocycles. The fraction of sp³-hybridized carbons (Fsp3) is 0.500. The largest absolute Gasteiger partial charge is 0.515 e. The third kappa shape index (κ3) is 4.64. The zero-order valence-electron chi connectivity index (χ0n) is 14.7. The average Bonchev–Trinajstić information content (AvgIpc) is 2.59. The minimum atomic E-state index is -5.60. The Balaban J connectivity index is 2.05. The van der Waals surface area contributed by atoms with Crippen molar-refractivity contribution in [1.29, 1.82) is 0 Å². The number of carbonyl (C=O) groups excluding carboxylic acids is 1. The first-order chi connectivity index (χ1) is 12.9. The maximum Gasteiger partial charge on any atom is 0.453 e. The third-order valence-electron chi connectivity index (χ3n) is 4.88. The number of carbonyl (C=O) groups is 1. The van der Waals surface area contributed by atoms with Crippen LogP contribution in [0, 0.1) is 18.7 Å². The van der Waals surface area contributed by atoms with Gasteiger partial charge in [-0.15, -0.1) is 0 Å². The topological polar surface area (TPSA) is 49.3 Å². The van der Waals surface area contributed by atoms with Crippen LogP contribution in [0.15, 0.2) is 22.9 Å². The molecule has 0 heterocycles. The van der Waals surface area contributed by atoms with E-state index in [1.165, 1.54) is 19.1 Å². The van der Waals surface area contributed by atoms with E-state index in [4.69, 9.17) is 0 Å². The van der Waals surface area contributed by atoms with E-state index < -0.39 is 48.6 Å². The van der Waals surface area contributed by atoms with Crippen molar-refractivity contribution in [2.24, 2.45) is 5.92 Å². The van der Waals surface area contributed by atoms with E-state index in [9.17, 15) is 36.2 Å². The molecule has 1 aromatic rings. The van der Waals surface area contributed by atoms with Gasteiger partial charge in [-0.2, -0.15) is 22.0 Å². The van der Waals surface area contributed by atoms with Gasteiger partial charge in [-0.3, -0.25) is 4.79 Å². The van der Waals surface area contributed by atoms with Crippen molar-refractivity contribution in [3.8, 4) is 0 Å². The molecule has 0 bridgehead atoms. The molecular weight excluding hydrogens is 456 g/mol. The first-order valence-corrected chi connectivity index (χ1v) is 9.23. The Kier molecular flexibility index (Phi) is 6.73. The summed E-state index contributed by atoms with van der Waals surface area (Å²) in [4.78, 5) is 12.5. The summed E-state index contributed by atoms with van der Waals surface area (Å²) in [5.41, 5.74) is 0.469. The molecule has 28 heavy (non-hydrogen) atoms. The number of alkyl halides is 5. The van der Waals surface area contributed by atoms with Crippen molar-refractivity contribution in [2.75, 3.05) is 0 Å². The fourth-order valence-electron chi connectivity index (χ4n) is 3.28. The minimum Gasteiger partial charge on any atom is -0.515 e. The summed E-state index contributed by atoms with van der Waals surface area (Å²) in [7, 11) is 0. The quantitative estimate of drug-likeness (QED) is 0.336. The highest BCUT2D eigenvalue weighted by atomic mass is 79.9. The van der Waals surface area contributed by atoms with E-state index in [2.05, 4.69) is 21.2 Å². The Bertz CT molecular complexity index is 770. The van der Waals surface area contributed by atoms with Crippen molar-refractivity contribution in [2.45, 2.75) is 50.7 Å². The van der Waals surface area contributed by atoms with E-state index in [-0.39, 0.29) is 28.5 Å². The highest BCUT2D eigenvalue weighted by molar-refractivity contribution is 9.10. The van der Waals surface area contributed by atoms with Gasteiger partial charge in [-0.25, -0.2) is 4.39 Å². The molecule has 0 spiro atoms. The van der Waals surface area contributed by atoms with Crippen LogP contribution in [0.25, 0.3) is 5.57 Å². The molecule has 3 nitrogen and oxygen atoms in total. The van der Waals surface area contributed by atoms with Gasteiger partial charge in [0.05, 0.1) is 16.3 Å². The molecular formula is C18H18BrF6NO2. The fourth-order valence-corrected chi connectivity index (χ4v) is 3.63. The maximum absolute atomic E-state index is 13.5. The van der Waals surface area contributed by atoms with Crippen molar-refractivity contribution >= 4 is 27.4 Å². The van der Waals surface area contributed by atoms with Crippen molar-refractivity contribution in [3.05, 3.63) is 39.8 Å². The summed E-state index contributed by atoms with van der Waals surface area (Å²) < 4.78 is 77.9. The van der Waals surface area contributed by atoms with Crippen LogP contribution in [0.3, 0.4) is 0 Å². The molecule has 1 saturated carbocycles. The van der Waals surface area contributed by atoms with Crippen molar-refractivity contribution < 1.29 is 36.2 Å². The van der Waals surface area contributed by atoms with Gasteiger partial charge < -0.3 is 10.4 Å². The second-order valence-corrected chi connectivity index (χ2v) is 7.62. The van der Waals surface area contributed by atoms with Crippen molar-refractivity contribution in [1.82, 2.24) is 5.32 Å². The van der Waals surface area contributed by atoms with Crippen LogP contribution in [0.5, 0.6) is 0 Å². The zero-order chi connectivity index (χ0) is 21.3. The van der Waals surface area contributed by atoms with Crippen LogP contribution in [-0.4, -0.2) is 29.2 Å². The molecule has 0 saturated heterocycles. The molecule has 0 radical (unpaired) electrons. The zero-order valence-corrected chi connectivity index (χ0v) is 16.3. The van der Waals surface area contributed by atoms with E-state index in [0.717, 1.165) is 0 Å². The molecule has 1 fully saturated rings. The summed E-state index contributed by atoms with van der Waals surface area (Å²) in [6, 6.07) is 1.88. The Morgan fingerprint density at radius 1 is 1.18 bits per heavy atom. The summed E-state index contributed by atoms with van der Waals surface area (Å²) >= 11 is 2.99. The Hall–Kier alpha value is -1.71. The lowest BCUT2D eigenvalue weighted by molar-refractivity contribution is -0.305. The van der Waals surface area contributed by atoms with E-state index >= 15 is 0 Å². The number of hydrogen-bond donors (Lipinski definition) is 2. The molecule has 1 amide bonds. The molecule has 0 aromatic heterocycles. The van der Waals surface area contributed by atoms with Gasteiger partial charge in [0.25, 0.3) is 5.91 Å². The molecule has 2 rings (SSSR count). The predicted molar refractivity (Wildman–Crippen MR) is 94.3 cm³/mol. The number of benzene rings is 1. The Labute approximate surface area is 165 Å². The van der Waals surface area contributed by atoms with Gasteiger partial charge in [-0.1, -0.05) is 0 Å². The smallest absolute Gasteiger partial charge is 0.453 e. The molecule has 0 atom stereocenters. The van der Waals surface area contributed by atoms with Crippen LogP contribution in [0.4, 0.5) is 26.3 Å². The standard InChI is InChI=1S/C18H18BrF6NO2/c1-9-6-15(20)14(19)7-12(9)13(8-27)16(28)26-11-4-2-10(3-5-11)17(21,22)18(23,24)25/h6-8,10-11,27H,2-5H2,1H3,(H,26,28)/b13-8+. The SMILES string of the molecule is Cc1cc(F)c(Br)cc1/C(=C\O)C(=O)NC1CCC(C(F)(F)C(F)(F)F)CC1. The molecule has 0 aliphatic heterocycles. The molecule has 1 aliphatic rings. The van der Waals surface area contributed by atoms with Gasteiger partial charge in [-0.05, 0) is 71.8 Å². The molecule has 2 N–H and O–H groups in total. The van der Waals surface area contributed by atoms with E-state index in [0.29, 0.717) is 11.8 Å². The molecule has 1 aromatic carbocycles. The number of aliphatic hydroxyl groups excluding tert-OH is 1. The lowest BCUT2D eigenvalue weighted by Crippen LogP contribution is -2.47. The number of rotatable bonds is 4. The second-order valence-electron chi connectivity index (χ2n) is 6.77. The summed E-state index contributed by atoms with van der Waals surface area (Å²) in [6.07, 6.45) is -5.94. The maximum atomic E-state index is 13.5. The monoisotopic (exact) mass is 473 g/mol. The molecule has 0 unspecified atom stereocenters. The van der Waals surface area contributed by atoms with Crippen LogP contribution < -0.4 is 5.32 Å². The van der Waals surface area contributed by atoms with Gasteiger partial charge in [0, 0.05) is 12.0 Å². The summed E-state index contributed by atoms with van der Waals surface area (Å²) in [5.74, 6) is -7.88. The number of hydrogen-bond acceptors (Lipinski definition) is 2. The number of aliphatic hydroxyl groups is 1. The number of nitrogens with one attached hydrogen (secondary N) is 1. The van der Waals surface area contributed by atoms with Gasteiger partial charge >= 0.3 is 12.1 Å². The van der Waals surface area contributed by atoms with Gasteiger partial charge in [0.15, 0.2) is 0 Å². The number of aryl methyl sites for hydroxylation is 1. The minimum absolute atomic E-state index is 0.0487. The number of halogens is 7. The second kappa shape index (κ2) is 8.34. The lowest BCUT2D eigenvalue weighted by Gasteiger charge is -2.34. The normalized spacial score (nSPS) is 21.5. The Morgan fingerprint density at radius 3 is 2.25 bits per heavy atom. The molecule has 10 heteroatoms. The van der Waals surface area contributed by atoms with Gasteiger partial charge in [0.1, 0.15) is 5.82 Å². The third-order valence-corrected chi connectivity index (χ3v) is 5.49. The first-order valence-electron chi connectivity index (χ1n) is 8.44. The first kappa shape index (κ1) is 22.6. The highest BCUT2D eigenvalue weighted by Crippen LogP contribution is 2.46. The average molecular weight is 474 g/mol. The summed E-state index contributed by atoms with van der Waals surface area (Å²) in [6.45, 7) is 1.53. The highest BCUT2D eigenvalue weighted by Gasteiger charge is 2.62. The molecule has 156 valence electrons. The van der Waals surface area contributed by atoms with Crippen LogP contribution in [0.1, 0.15) is 36.8 Å². The lowest BCUT2D eigenvalue weighted by atomic mass is 9.81. The van der Waals surface area contributed by atoms with Crippen LogP contribution >= 0.6 is 15.9 Å². The summed E-state index contributed by atoms with van der Waals surface area (Å²) in [5, 5.41) is 12.0. The van der Waals surface area contributed by atoms with Crippen molar-refractivity contribution in [3.63, 3.8) is 0 Å². The predicted octanol–water partition coefficient (Wildman–Crippen LogP) is 5.67. The van der Waals surface area contributed by atoms with E-state index in [1.54, 1.807) is 0 Å². The van der Waals surface area contributed by atoms with Gasteiger partial charge in [0.2, 0.25) is 0 Å². The number of amides is 1. The van der Waals surface area contributed by atoms with E-state index in [1.807, 2.05) is 0 Å². The Morgan fingerprint density at radius 2 is 1.75 bits per heavy atom. The van der Waals surface area contributed by atoms with Crippen LogP contribution in [-0.2, 0) is 4.79 Å².